The van der Waals surface area contributed by atoms with Crippen molar-refractivity contribution < 1.29 is 58.9 Å². The molecule has 3 heterocycles. The van der Waals surface area contributed by atoms with Crippen LogP contribution >= 0.6 is 11.3 Å². The molecular weight excluding hydrogens is 611 g/mol. The number of thiazole rings is 1. The summed E-state index contributed by atoms with van der Waals surface area (Å²) in [5, 5.41) is 26.8. The van der Waals surface area contributed by atoms with Crippen LogP contribution in [0.15, 0.2) is 22.6 Å². The van der Waals surface area contributed by atoms with Gasteiger partial charge in [-0.1, -0.05) is 12.1 Å². The molecule has 2 aromatic heterocycles. The van der Waals surface area contributed by atoms with E-state index in [0.717, 1.165) is 0 Å². The van der Waals surface area contributed by atoms with Gasteiger partial charge in [-0.3, -0.25) is 4.79 Å². The van der Waals surface area contributed by atoms with E-state index in [4.69, 9.17) is 4.42 Å². The Bertz CT molecular complexity index is 1470. The van der Waals surface area contributed by atoms with Crippen LogP contribution in [0.1, 0.15) is 61.1 Å². The molecule has 2 N–H and O–H groups in total. The van der Waals surface area contributed by atoms with Crippen LogP contribution in [0.4, 0.5) is 39.5 Å². The van der Waals surface area contributed by atoms with E-state index in [1.807, 2.05) is 0 Å². The Morgan fingerprint density at radius 1 is 1.02 bits per heavy atom. The highest BCUT2D eigenvalue weighted by Crippen LogP contribution is 2.52. The van der Waals surface area contributed by atoms with Crippen LogP contribution in [0.3, 0.4) is 0 Å². The first-order chi connectivity index (χ1) is 19.1. The maximum Gasteiger partial charge on any atom is 0.430 e. The Kier molecular flexibility index (Phi) is 7.68. The summed E-state index contributed by atoms with van der Waals surface area (Å²) >= 11 is 0.389. The fourth-order valence-electron chi connectivity index (χ4n) is 4.36. The fourth-order valence-corrected chi connectivity index (χ4v) is 5.37. The second-order valence-electron chi connectivity index (χ2n) is 10.1. The molecule has 1 unspecified atom stereocenters. The molecule has 3 aromatic rings. The van der Waals surface area contributed by atoms with E-state index in [-0.39, 0.29) is 29.6 Å². The Balaban J connectivity index is 1.97. The largest absolute Gasteiger partial charge is 0.430 e. The van der Waals surface area contributed by atoms with Crippen LogP contribution in [0.5, 0.6) is 0 Å². The van der Waals surface area contributed by atoms with Crippen molar-refractivity contribution in [2.24, 2.45) is 0 Å². The lowest BCUT2D eigenvalue weighted by Gasteiger charge is -2.33. The lowest BCUT2D eigenvalue weighted by atomic mass is 9.88. The maximum atomic E-state index is 14.2. The minimum absolute atomic E-state index is 0.0523. The van der Waals surface area contributed by atoms with Crippen molar-refractivity contribution in [3.05, 3.63) is 40.9 Å². The lowest BCUT2D eigenvalue weighted by molar-refractivity contribution is -0.376. The molecule has 1 atom stereocenters. The van der Waals surface area contributed by atoms with Gasteiger partial charge in [0.2, 0.25) is 5.89 Å². The third kappa shape index (κ3) is 5.46. The van der Waals surface area contributed by atoms with Crippen molar-refractivity contribution in [3.8, 4) is 21.3 Å². The summed E-state index contributed by atoms with van der Waals surface area (Å²) in [4.78, 5) is 18.3. The fraction of sp³-hybridized carbons (Fsp3) is 0.500. The summed E-state index contributed by atoms with van der Waals surface area (Å²) in [6, 6.07) is -0.449. The van der Waals surface area contributed by atoms with Gasteiger partial charge in [-0.15, -0.1) is 21.5 Å². The topological polar surface area (TPSA) is 113 Å². The maximum absolute atomic E-state index is 14.2. The summed E-state index contributed by atoms with van der Waals surface area (Å²) in [7, 11) is 0. The van der Waals surface area contributed by atoms with E-state index < -0.39 is 74.9 Å². The number of carbonyl (C=O) groups excluding carboxylic acids is 1. The smallest absolute Gasteiger partial charge is 0.415 e. The van der Waals surface area contributed by atoms with Crippen molar-refractivity contribution in [1.82, 2.24) is 20.1 Å². The molecular formula is C24H21F9N4O4S. The van der Waals surface area contributed by atoms with Crippen molar-refractivity contribution in [1.29, 1.82) is 0 Å². The van der Waals surface area contributed by atoms with Crippen LogP contribution in [-0.2, 0) is 17.4 Å². The molecule has 8 nitrogen and oxygen atoms in total. The van der Waals surface area contributed by atoms with Crippen molar-refractivity contribution in [2.75, 3.05) is 6.54 Å². The number of nitrogens with zero attached hydrogens (tertiary/aromatic N) is 4. The number of halogens is 9. The molecule has 42 heavy (non-hydrogen) atoms. The average molecular weight is 633 g/mol. The highest BCUT2D eigenvalue weighted by atomic mass is 32.1. The first-order valence-corrected chi connectivity index (χ1v) is 12.9. The van der Waals surface area contributed by atoms with E-state index >= 15 is 0 Å². The van der Waals surface area contributed by atoms with Crippen molar-refractivity contribution >= 4 is 17.2 Å². The van der Waals surface area contributed by atoms with E-state index in [0.29, 0.717) is 30.2 Å². The number of aromatic nitrogens is 3. The lowest BCUT2D eigenvalue weighted by Crippen LogP contribution is -2.54. The third-order valence-corrected chi connectivity index (χ3v) is 7.66. The number of hydrogen-bond donors (Lipinski definition) is 2. The van der Waals surface area contributed by atoms with E-state index in [1.54, 1.807) is 6.92 Å². The zero-order chi connectivity index (χ0) is 31.6. The van der Waals surface area contributed by atoms with Gasteiger partial charge in [0.05, 0.1) is 10.4 Å². The molecule has 0 radical (unpaired) electrons. The molecule has 1 aliphatic rings. The van der Waals surface area contributed by atoms with E-state index in [1.165, 1.54) is 18.7 Å². The number of alkyl halides is 9. The molecule has 230 valence electrons. The second kappa shape index (κ2) is 10.2. The summed E-state index contributed by atoms with van der Waals surface area (Å²) in [5.41, 5.74) is -12.9. The third-order valence-electron chi connectivity index (χ3n) is 6.58. The Morgan fingerprint density at radius 3 is 2.12 bits per heavy atom. The highest BCUT2D eigenvalue weighted by Gasteiger charge is 2.71. The number of hydrogen-bond acceptors (Lipinski definition) is 8. The number of carbonyl (C=O) groups is 1. The summed E-state index contributed by atoms with van der Waals surface area (Å²) < 4.78 is 129. The SMILES string of the molecule is CC1CCCN1C(=O)c1nc(-c2nnc(C(C)(C)O)o2)sc1-c1ccc(C(O)(C(F)(F)F)C(F)(F)F)cc1C(F)(F)F. The van der Waals surface area contributed by atoms with E-state index in [2.05, 4.69) is 15.2 Å². The number of likely N-dealkylation sites (tertiary alicyclic amines) is 1. The quantitative estimate of drug-likeness (QED) is 0.330. The van der Waals surface area contributed by atoms with Crippen LogP contribution in [0, 0.1) is 0 Å². The van der Waals surface area contributed by atoms with Gasteiger partial charge >= 0.3 is 18.5 Å². The highest BCUT2D eigenvalue weighted by molar-refractivity contribution is 7.18. The molecule has 0 bridgehead atoms. The monoisotopic (exact) mass is 632 g/mol. The molecule has 0 aliphatic carbocycles. The summed E-state index contributed by atoms with van der Waals surface area (Å²) in [6.07, 6.45) is -17.3. The Labute approximate surface area is 234 Å². The molecule has 1 fully saturated rings. The van der Waals surface area contributed by atoms with Gasteiger partial charge in [0.15, 0.2) is 5.01 Å². The van der Waals surface area contributed by atoms with Gasteiger partial charge in [0.1, 0.15) is 11.3 Å². The standard InChI is InChI=1S/C24H21F9N4O4S/c1-10-5-4-8-37(10)18(38)14-15(42-17(34-14)16-35-36-19(41-16)20(2,3)39)12-7-6-11(9-13(12)22(25,26)27)21(40,23(28,29)30)24(31,32)33/h6-7,9-10,39-40H,4-5,8H2,1-3H3. The predicted molar refractivity (Wildman–Crippen MR) is 127 cm³/mol. The molecule has 4 rings (SSSR count). The molecule has 1 aliphatic heterocycles. The van der Waals surface area contributed by atoms with E-state index in [9.17, 15) is 54.5 Å². The second-order valence-corrected chi connectivity index (χ2v) is 11.1. The minimum Gasteiger partial charge on any atom is -0.415 e. The molecule has 1 saturated heterocycles. The van der Waals surface area contributed by atoms with Gasteiger partial charge in [-0.2, -0.15) is 39.5 Å². The van der Waals surface area contributed by atoms with Gasteiger partial charge in [0, 0.05) is 23.7 Å². The molecule has 0 saturated carbocycles. The zero-order valence-electron chi connectivity index (χ0n) is 21.7. The molecule has 1 amide bonds. The first kappa shape index (κ1) is 31.7. The Hall–Kier alpha value is -3.25. The van der Waals surface area contributed by atoms with Gasteiger partial charge in [-0.25, -0.2) is 4.98 Å². The average Bonchev–Trinajstić information content (AvgIpc) is 3.59. The zero-order valence-corrected chi connectivity index (χ0v) is 22.6. The Morgan fingerprint density at radius 2 is 1.64 bits per heavy atom. The van der Waals surface area contributed by atoms with Crippen LogP contribution in [0.2, 0.25) is 0 Å². The van der Waals surface area contributed by atoms with Crippen molar-refractivity contribution in [3.63, 3.8) is 0 Å². The number of rotatable bonds is 5. The van der Waals surface area contributed by atoms with Gasteiger partial charge in [0.25, 0.3) is 17.4 Å². The predicted octanol–water partition coefficient (Wildman–Crippen LogP) is 6.04. The van der Waals surface area contributed by atoms with Gasteiger partial charge < -0.3 is 19.5 Å². The number of amides is 1. The summed E-state index contributed by atoms with van der Waals surface area (Å²) in [5.74, 6) is -1.58. The molecule has 0 spiro atoms. The van der Waals surface area contributed by atoms with Crippen molar-refractivity contribution in [2.45, 2.75) is 69.4 Å². The molecule has 18 heteroatoms. The molecule has 1 aromatic carbocycles. The van der Waals surface area contributed by atoms with Crippen LogP contribution in [0.25, 0.3) is 21.3 Å². The first-order valence-electron chi connectivity index (χ1n) is 12.0. The van der Waals surface area contributed by atoms with Gasteiger partial charge in [-0.05, 0) is 39.7 Å². The number of aliphatic hydroxyl groups is 2. The van der Waals surface area contributed by atoms with Crippen LogP contribution in [-0.4, -0.2) is 61.1 Å². The minimum atomic E-state index is -6.43. The van der Waals surface area contributed by atoms with Crippen LogP contribution < -0.4 is 0 Å². The summed E-state index contributed by atoms with van der Waals surface area (Å²) in [6.45, 7) is 4.48. The number of benzene rings is 1. The normalized spacial score (nSPS) is 17.3.